The fraction of sp³-hybridized carbons (Fsp3) is 0.875. The average Bonchev–Trinajstić information content (AvgIpc) is 2.60. The van der Waals surface area contributed by atoms with Crippen molar-refractivity contribution in [1.82, 2.24) is 20.9 Å². The summed E-state index contributed by atoms with van der Waals surface area (Å²) < 4.78 is 45.7. The maximum Gasteiger partial charge on any atom is 0.404 e. The third kappa shape index (κ3) is 4.40. The number of carbonyl (C=O) groups excluding carboxylic acids is 2. The van der Waals surface area contributed by atoms with Crippen LogP contribution in [0.2, 0.25) is 0 Å². The molecule has 26 heavy (non-hydrogen) atoms. The number of urea groups is 2. The van der Waals surface area contributed by atoms with Crippen LogP contribution in [-0.4, -0.2) is 54.7 Å². The number of hydrogen-bond acceptors (Lipinski definition) is 4. The summed E-state index contributed by atoms with van der Waals surface area (Å²) in [5.41, 5.74) is 0. The summed E-state index contributed by atoms with van der Waals surface area (Å²) in [5.74, 6) is -0.550. The van der Waals surface area contributed by atoms with E-state index >= 15 is 0 Å². The zero-order valence-corrected chi connectivity index (χ0v) is 14.5. The van der Waals surface area contributed by atoms with Crippen molar-refractivity contribution < 1.29 is 27.5 Å². The molecule has 0 radical (unpaired) electrons. The van der Waals surface area contributed by atoms with Gasteiger partial charge in [0, 0.05) is 19.3 Å². The van der Waals surface area contributed by atoms with Crippen LogP contribution in [0.1, 0.15) is 44.9 Å². The van der Waals surface area contributed by atoms with Crippen molar-refractivity contribution in [3.8, 4) is 0 Å². The molecule has 1 aliphatic carbocycles. The molecule has 0 spiro atoms. The lowest BCUT2D eigenvalue weighted by Crippen LogP contribution is -2.72. The molecule has 0 aromatic carbocycles. The molecule has 7 nitrogen and oxygen atoms in total. The molecule has 2 heterocycles. The molecule has 1 atom stereocenters. The van der Waals surface area contributed by atoms with Crippen LogP contribution in [0.25, 0.3) is 0 Å². The van der Waals surface area contributed by atoms with Gasteiger partial charge in [0.1, 0.15) is 6.04 Å². The van der Waals surface area contributed by atoms with E-state index in [-0.39, 0.29) is 6.04 Å². The highest BCUT2D eigenvalue weighted by molar-refractivity contribution is 5.96. The number of hydrogen-bond donors (Lipinski definition) is 3. The Labute approximate surface area is 150 Å². The van der Waals surface area contributed by atoms with Gasteiger partial charge in [-0.15, -0.1) is 0 Å². The molecule has 10 heteroatoms. The maximum atomic E-state index is 13.5. The van der Waals surface area contributed by atoms with Gasteiger partial charge < -0.3 is 15.4 Å². The summed E-state index contributed by atoms with van der Waals surface area (Å²) in [6.07, 6.45) is -1.20. The van der Waals surface area contributed by atoms with Crippen molar-refractivity contribution in [3.63, 3.8) is 0 Å². The van der Waals surface area contributed by atoms with E-state index in [9.17, 15) is 22.8 Å². The van der Waals surface area contributed by atoms with E-state index in [0.29, 0.717) is 38.9 Å². The number of alkyl halides is 3. The van der Waals surface area contributed by atoms with Gasteiger partial charge in [-0.05, 0) is 31.6 Å². The fourth-order valence-corrected chi connectivity index (χ4v) is 4.02. The molecule has 2 aliphatic heterocycles. The van der Waals surface area contributed by atoms with Gasteiger partial charge in [-0.3, -0.25) is 5.32 Å². The molecule has 3 rings (SSSR count). The Bertz CT molecular complexity index is 501. The summed E-state index contributed by atoms with van der Waals surface area (Å²) in [6, 6.07) is -3.42. The highest BCUT2D eigenvalue weighted by Gasteiger charge is 2.47. The van der Waals surface area contributed by atoms with Gasteiger partial charge in [0.2, 0.25) is 0 Å². The second-order valence-electron chi connectivity index (χ2n) is 7.13. The lowest BCUT2D eigenvalue weighted by atomic mass is 9.83. The van der Waals surface area contributed by atoms with Crippen molar-refractivity contribution in [2.45, 2.75) is 69.5 Å². The number of halogens is 3. The Kier molecular flexibility index (Phi) is 5.91. The topological polar surface area (TPSA) is 82.7 Å². The molecule has 3 aliphatic rings. The lowest BCUT2D eigenvalue weighted by Gasteiger charge is -2.41. The second kappa shape index (κ2) is 7.99. The first kappa shape index (κ1) is 19.2. The van der Waals surface area contributed by atoms with Crippen LogP contribution in [0, 0.1) is 5.92 Å². The highest BCUT2D eigenvalue weighted by atomic mass is 19.4. The Hall–Kier alpha value is -1.55. The van der Waals surface area contributed by atoms with Gasteiger partial charge in [-0.1, -0.05) is 19.3 Å². The van der Waals surface area contributed by atoms with E-state index in [4.69, 9.17) is 4.74 Å². The molecular weight excluding hydrogens is 353 g/mol. The summed E-state index contributed by atoms with van der Waals surface area (Å²) in [5, 5.41) is 7.29. The number of nitrogens with zero attached hydrogens (tertiary/aromatic N) is 1. The Morgan fingerprint density at radius 1 is 1.00 bits per heavy atom. The van der Waals surface area contributed by atoms with Crippen LogP contribution in [-0.2, 0) is 4.74 Å². The lowest BCUT2D eigenvalue weighted by molar-refractivity contribution is -0.173. The van der Waals surface area contributed by atoms with Gasteiger partial charge in [0.15, 0.2) is 6.29 Å². The van der Waals surface area contributed by atoms with Crippen LogP contribution in [0.5, 0.6) is 0 Å². The van der Waals surface area contributed by atoms with Gasteiger partial charge in [0.25, 0.3) is 0 Å². The number of carbonyl (C=O) groups is 2. The molecule has 4 amide bonds. The van der Waals surface area contributed by atoms with Crippen LogP contribution >= 0.6 is 0 Å². The van der Waals surface area contributed by atoms with E-state index in [0.717, 1.165) is 24.2 Å². The van der Waals surface area contributed by atoms with E-state index in [1.54, 1.807) is 0 Å². The van der Waals surface area contributed by atoms with Crippen LogP contribution in [0.3, 0.4) is 0 Å². The minimum Gasteiger partial charge on any atom is -0.381 e. The summed E-state index contributed by atoms with van der Waals surface area (Å²) in [4.78, 5) is 25.7. The largest absolute Gasteiger partial charge is 0.404 e. The monoisotopic (exact) mass is 378 g/mol. The molecule has 1 saturated carbocycles. The number of nitrogens with one attached hydrogen (secondary N) is 3. The standard InChI is InChI=1S/C16H25F3N4O3/c17-16(18,19)12(10-4-2-1-3-5-10)20-13-21-14(24)23(15(25)22-13)11-6-8-26-9-7-11/h10-13,20H,1-9H2,(H,21,24)(H,22,25). The Morgan fingerprint density at radius 3 is 2.12 bits per heavy atom. The van der Waals surface area contributed by atoms with E-state index in [1.165, 1.54) is 0 Å². The third-order valence-corrected chi connectivity index (χ3v) is 5.35. The van der Waals surface area contributed by atoms with Crippen molar-refractivity contribution in [2.75, 3.05) is 13.2 Å². The van der Waals surface area contributed by atoms with Crippen molar-refractivity contribution in [3.05, 3.63) is 0 Å². The maximum absolute atomic E-state index is 13.5. The smallest absolute Gasteiger partial charge is 0.381 e. The Balaban J connectivity index is 1.64. The molecule has 0 bridgehead atoms. The first-order chi connectivity index (χ1) is 12.4. The molecule has 0 aromatic heterocycles. The number of imide groups is 1. The second-order valence-corrected chi connectivity index (χ2v) is 7.13. The minimum atomic E-state index is -4.45. The quantitative estimate of drug-likeness (QED) is 0.701. The summed E-state index contributed by atoms with van der Waals surface area (Å²) in [6.45, 7) is 0.891. The van der Waals surface area contributed by atoms with Crippen molar-refractivity contribution >= 4 is 12.1 Å². The van der Waals surface area contributed by atoms with E-state index < -0.39 is 36.5 Å². The van der Waals surface area contributed by atoms with Gasteiger partial charge >= 0.3 is 18.2 Å². The number of amides is 4. The number of ether oxygens (including phenoxy) is 1. The predicted molar refractivity (Wildman–Crippen MR) is 86.1 cm³/mol. The first-order valence-corrected chi connectivity index (χ1v) is 9.17. The van der Waals surface area contributed by atoms with E-state index in [1.807, 2.05) is 0 Å². The third-order valence-electron chi connectivity index (χ3n) is 5.35. The summed E-state index contributed by atoms with van der Waals surface area (Å²) in [7, 11) is 0. The van der Waals surface area contributed by atoms with Gasteiger partial charge in [0.05, 0.1) is 0 Å². The van der Waals surface area contributed by atoms with E-state index in [2.05, 4.69) is 16.0 Å². The first-order valence-electron chi connectivity index (χ1n) is 9.17. The zero-order valence-electron chi connectivity index (χ0n) is 14.5. The minimum absolute atomic E-state index is 0.304. The Morgan fingerprint density at radius 2 is 1.58 bits per heavy atom. The average molecular weight is 378 g/mol. The van der Waals surface area contributed by atoms with Gasteiger partial charge in [-0.2, -0.15) is 13.2 Å². The van der Waals surface area contributed by atoms with Crippen molar-refractivity contribution in [2.24, 2.45) is 5.92 Å². The normalized spacial score (nSPS) is 25.7. The molecular formula is C16H25F3N4O3. The van der Waals surface area contributed by atoms with Crippen LogP contribution in [0.4, 0.5) is 22.8 Å². The van der Waals surface area contributed by atoms with Crippen LogP contribution < -0.4 is 16.0 Å². The highest BCUT2D eigenvalue weighted by Crippen LogP contribution is 2.34. The zero-order chi connectivity index (χ0) is 18.7. The van der Waals surface area contributed by atoms with Crippen LogP contribution in [0.15, 0.2) is 0 Å². The molecule has 1 unspecified atom stereocenters. The summed E-state index contributed by atoms with van der Waals surface area (Å²) >= 11 is 0. The molecule has 2 saturated heterocycles. The SMILES string of the molecule is O=C1NC(NC(C2CCCCC2)C(F)(F)F)NC(=O)N1C1CCOCC1. The van der Waals surface area contributed by atoms with Crippen molar-refractivity contribution in [1.29, 1.82) is 0 Å². The predicted octanol–water partition coefficient (Wildman–Crippen LogP) is 2.28. The van der Waals surface area contributed by atoms with Gasteiger partial charge in [-0.25, -0.2) is 14.5 Å². The molecule has 3 fully saturated rings. The fourth-order valence-electron chi connectivity index (χ4n) is 4.02. The molecule has 0 aromatic rings. The molecule has 3 N–H and O–H groups in total. The molecule has 148 valence electrons. The number of rotatable bonds is 4.